The standard InChI is InChI=1S/C24H28N6OS/c1-17-8-2-4-11-20(17)30-22(18-9-6-13-25-16-18)27-28-24(30)32-15-7-14-29-21-12-5-3-10-19(21)26-23(29)31/h3,5-6,9-10,12-13,16-17,20H,2,4,7-8,11,14-15H2,1H3,(H,26,31)/t17-,20-/m0/s1. The number of para-hydroxylation sites is 2. The highest BCUT2D eigenvalue weighted by Gasteiger charge is 2.28. The molecule has 0 bridgehead atoms. The SMILES string of the molecule is C[C@H]1CCCC[C@@H]1n1c(SCCCn2c(=O)[nH]c3ccccc32)nnc1-c1cccnc1. The fraction of sp³-hybridized carbons (Fsp3) is 0.417. The van der Waals surface area contributed by atoms with Crippen LogP contribution in [0.3, 0.4) is 0 Å². The van der Waals surface area contributed by atoms with Crippen molar-refractivity contribution in [1.82, 2.24) is 29.3 Å². The minimum Gasteiger partial charge on any atom is -0.306 e. The lowest BCUT2D eigenvalue weighted by atomic mass is 9.85. The summed E-state index contributed by atoms with van der Waals surface area (Å²) in [5, 5.41) is 10.1. The molecule has 166 valence electrons. The number of aromatic nitrogens is 6. The number of aryl methyl sites for hydroxylation is 1. The summed E-state index contributed by atoms with van der Waals surface area (Å²) in [5.41, 5.74) is 2.81. The Balaban J connectivity index is 1.35. The Hall–Kier alpha value is -2.87. The zero-order valence-electron chi connectivity index (χ0n) is 18.3. The number of thioether (sulfide) groups is 1. The fourth-order valence-electron chi connectivity index (χ4n) is 4.76. The van der Waals surface area contributed by atoms with Gasteiger partial charge in [0.15, 0.2) is 11.0 Å². The van der Waals surface area contributed by atoms with E-state index in [-0.39, 0.29) is 5.69 Å². The zero-order chi connectivity index (χ0) is 21.9. The third-order valence-electron chi connectivity index (χ3n) is 6.42. The molecular formula is C24H28N6OS. The maximum atomic E-state index is 12.3. The van der Waals surface area contributed by atoms with Crippen LogP contribution < -0.4 is 5.69 Å². The second-order valence-electron chi connectivity index (χ2n) is 8.55. The molecule has 8 heteroatoms. The predicted molar refractivity (Wildman–Crippen MR) is 128 cm³/mol. The molecule has 0 aliphatic heterocycles. The molecular weight excluding hydrogens is 420 g/mol. The Morgan fingerprint density at radius 2 is 2.00 bits per heavy atom. The average Bonchev–Trinajstić information content (AvgIpc) is 3.38. The molecule has 0 spiro atoms. The molecule has 1 aliphatic rings. The molecule has 3 heterocycles. The molecule has 0 amide bonds. The number of pyridine rings is 1. The lowest BCUT2D eigenvalue weighted by Crippen LogP contribution is -2.22. The van der Waals surface area contributed by atoms with E-state index in [4.69, 9.17) is 0 Å². The van der Waals surface area contributed by atoms with Crippen molar-refractivity contribution in [2.75, 3.05) is 5.75 Å². The number of benzene rings is 1. The lowest BCUT2D eigenvalue weighted by Gasteiger charge is -2.31. The highest BCUT2D eigenvalue weighted by atomic mass is 32.2. The molecule has 2 atom stereocenters. The van der Waals surface area contributed by atoms with Crippen LogP contribution in [0.5, 0.6) is 0 Å². The van der Waals surface area contributed by atoms with Gasteiger partial charge in [0.25, 0.3) is 0 Å². The molecule has 0 saturated heterocycles. The van der Waals surface area contributed by atoms with Crippen LogP contribution in [0, 0.1) is 5.92 Å². The van der Waals surface area contributed by atoms with Gasteiger partial charge in [0.1, 0.15) is 0 Å². The summed E-state index contributed by atoms with van der Waals surface area (Å²) in [6, 6.07) is 12.2. The molecule has 32 heavy (non-hydrogen) atoms. The molecule has 1 saturated carbocycles. The molecule has 1 fully saturated rings. The van der Waals surface area contributed by atoms with Crippen LogP contribution in [0.2, 0.25) is 0 Å². The van der Waals surface area contributed by atoms with E-state index in [9.17, 15) is 4.79 Å². The first-order valence-electron chi connectivity index (χ1n) is 11.4. The van der Waals surface area contributed by atoms with E-state index >= 15 is 0 Å². The summed E-state index contributed by atoms with van der Waals surface area (Å²) in [6.45, 7) is 3.02. The van der Waals surface area contributed by atoms with Crippen LogP contribution in [0.25, 0.3) is 22.4 Å². The topological polar surface area (TPSA) is 81.4 Å². The number of nitrogens with one attached hydrogen (secondary N) is 1. The van der Waals surface area contributed by atoms with Gasteiger partial charge in [-0.15, -0.1) is 10.2 Å². The van der Waals surface area contributed by atoms with E-state index in [0.29, 0.717) is 18.5 Å². The number of hydrogen-bond acceptors (Lipinski definition) is 5. The minimum atomic E-state index is -0.0470. The summed E-state index contributed by atoms with van der Waals surface area (Å²) in [6.07, 6.45) is 9.47. The molecule has 3 aromatic heterocycles. The van der Waals surface area contributed by atoms with E-state index in [1.807, 2.05) is 41.1 Å². The Labute approximate surface area is 191 Å². The monoisotopic (exact) mass is 448 g/mol. The second-order valence-corrected chi connectivity index (χ2v) is 9.61. The fourth-order valence-corrected chi connectivity index (χ4v) is 5.68. The molecule has 1 aromatic carbocycles. The van der Waals surface area contributed by atoms with Gasteiger partial charge in [-0.25, -0.2) is 4.79 Å². The number of aromatic amines is 1. The third-order valence-corrected chi connectivity index (χ3v) is 7.45. The quantitative estimate of drug-likeness (QED) is 0.321. The normalized spacial score (nSPS) is 18.9. The van der Waals surface area contributed by atoms with Crippen molar-refractivity contribution in [2.45, 2.75) is 56.8 Å². The maximum Gasteiger partial charge on any atom is 0.326 e. The number of imidazole rings is 1. The van der Waals surface area contributed by atoms with E-state index in [1.165, 1.54) is 19.3 Å². The summed E-state index contributed by atoms with van der Waals surface area (Å²) < 4.78 is 4.17. The van der Waals surface area contributed by atoms with Gasteiger partial charge >= 0.3 is 5.69 Å². The van der Waals surface area contributed by atoms with Gasteiger partial charge in [0.2, 0.25) is 0 Å². The molecule has 1 aliphatic carbocycles. The van der Waals surface area contributed by atoms with Crippen LogP contribution >= 0.6 is 11.8 Å². The molecule has 4 aromatic rings. The van der Waals surface area contributed by atoms with Gasteiger partial charge < -0.3 is 4.98 Å². The van der Waals surface area contributed by atoms with Gasteiger partial charge in [0.05, 0.1) is 11.0 Å². The van der Waals surface area contributed by atoms with Crippen LogP contribution in [0.15, 0.2) is 58.7 Å². The Morgan fingerprint density at radius 3 is 2.84 bits per heavy atom. The van der Waals surface area contributed by atoms with E-state index < -0.39 is 0 Å². The van der Waals surface area contributed by atoms with Gasteiger partial charge in [0, 0.05) is 36.3 Å². The summed E-state index contributed by atoms with van der Waals surface area (Å²) in [5.74, 6) is 2.38. The predicted octanol–water partition coefficient (Wildman–Crippen LogP) is 4.92. The molecule has 1 N–H and O–H groups in total. The van der Waals surface area contributed by atoms with Crippen molar-refractivity contribution >= 4 is 22.8 Å². The van der Waals surface area contributed by atoms with Gasteiger partial charge in [-0.05, 0) is 49.4 Å². The Morgan fingerprint density at radius 1 is 1.12 bits per heavy atom. The average molecular weight is 449 g/mol. The van der Waals surface area contributed by atoms with Crippen molar-refractivity contribution in [3.05, 3.63) is 59.3 Å². The minimum absolute atomic E-state index is 0.0470. The first-order valence-corrected chi connectivity index (χ1v) is 12.4. The largest absolute Gasteiger partial charge is 0.326 e. The van der Waals surface area contributed by atoms with Crippen molar-refractivity contribution in [3.8, 4) is 11.4 Å². The van der Waals surface area contributed by atoms with Gasteiger partial charge in [-0.1, -0.05) is 43.7 Å². The third kappa shape index (κ3) is 4.11. The second kappa shape index (κ2) is 9.32. The van der Waals surface area contributed by atoms with Crippen molar-refractivity contribution in [1.29, 1.82) is 0 Å². The Bertz CT molecular complexity index is 1240. The number of rotatable bonds is 7. The zero-order valence-corrected chi connectivity index (χ0v) is 19.1. The van der Waals surface area contributed by atoms with Crippen molar-refractivity contribution in [2.24, 2.45) is 5.92 Å². The summed E-state index contributed by atoms with van der Waals surface area (Å²) >= 11 is 1.73. The van der Waals surface area contributed by atoms with Crippen LogP contribution in [-0.4, -0.2) is 35.1 Å². The van der Waals surface area contributed by atoms with Crippen molar-refractivity contribution < 1.29 is 0 Å². The van der Waals surface area contributed by atoms with E-state index in [2.05, 4.69) is 37.7 Å². The molecule has 0 radical (unpaired) electrons. The van der Waals surface area contributed by atoms with E-state index in [0.717, 1.165) is 46.2 Å². The van der Waals surface area contributed by atoms with Gasteiger partial charge in [-0.3, -0.25) is 14.1 Å². The van der Waals surface area contributed by atoms with Crippen LogP contribution in [0.4, 0.5) is 0 Å². The first kappa shape index (κ1) is 21.0. The summed E-state index contributed by atoms with van der Waals surface area (Å²) in [7, 11) is 0. The van der Waals surface area contributed by atoms with Crippen LogP contribution in [0.1, 0.15) is 45.1 Å². The first-order chi connectivity index (χ1) is 15.7. The van der Waals surface area contributed by atoms with Crippen molar-refractivity contribution in [3.63, 3.8) is 0 Å². The number of hydrogen-bond donors (Lipinski definition) is 1. The maximum absolute atomic E-state index is 12.3. The van der Waals surface area contributed by atoms with Gasteiger partial charge in [-0.2, -0.15) is 0 Å². The summed E-state index contributed by atoms with van der Waals surface area (Å²) in [4.78, 5) is 19.5. The number of H-pyrrole nitrogens is 1. The smallest absolute Gasteiger partial charge is 0.306 e. The van der Waals surface area contributed by atoms with Crippen LogP contribution in [-0.2, 0) is 6.54 Å². The highest BCUT2D eigenvalue weighted by molar-refractivity contribution is 7.99. The molecule has 7 nitrogen and oxygen atoms in total. The Kier molecular flexibility index (Phi) is 6.12. The molecule has 5 rings (SSSR count). The lowest BCUT2D eigenvalue weighted by molar-refractivity contribution is 0.247. The molecule has 0 unspecified atom stereocenters. The highest BCUT2D eigenvalue weighted by Crippen LogP contribution is 2.38. The number of fused-ring (bicyclic) bond motifs is 1. The number of nitrogens with zero attached hydrogens (tertiary/aromatic N) is 5. The van der Waals surface area contributed by atoms with E-state index in [1.54, 1.807) is 18.0 Å².